The molecule has 1 aliphatic rings. The summed E-state index contributed by atoms with van der Waals surface area (Å²) >= 11 is 0. The largest absolute Gasteiger partial charge is 0.490 e. The van der Waals surface area contributed by atoms with E-state index in [0.717, 1.165) is 0 Å². The van der Waals surface area contributed by atoms with Crippen molar-refractivity contribution in [1.82, 2.24) is 21.1 Å². The van der Waals surface area contributed by atoms with Crippen molar-refractivity contribution < 1.29 is 33.0 Å². The van der Waals surface area contributed by atoms with Crippen molar-refractivity contribution in [3.63, 3.8) is 0 Å². The van der Waals surface area contributed by atoms with Crippen LogP contribution < -0.4 is 20.8 Å². The maximum Gasteiger partial charge on any atom is 0.325 e. The highest BCUT2D eigenvalue weighted by Crippen LogP contribution is 2.26. The summed E-state index contributed by atoms with van der Waals surface area (Å²) < 4.78 is 25.4. The van der Waals surface area contributed by atoms with Gasteiger partial charge < -0.3 is 20.1 Å². The van der Waals surface area contributed by atoms with Crippen molar-refractivity contribution in [3.8, 4) is 5.75 Å². The van der Waals surface area contributed by atoms with Crippen molar-refractivity contribution in [2.45, 2.75) is 78.1 Å². The lowest BCUT2D eigenvalue weighted by Crippen LogP contribution is -2.61. The molecule has 1 aliphatic heterocycles. The van der Waals surface area contributed by atoms with E-state index >= 15 is 0 Å². The Morgan fingerprint density at radius 1 is 1.10 bits per heavy atom. The molecule has 1 saturated heterocycles. The number of esters is 1. The van der Waals surface area contributed by atoms with Gasteiger partial charge in [0, 0.05) is 18.0 Å². The number of allylic oxidation sites excluding steroid dienone is 1. The first-order chi connectivity index (χ1) is 19.4. The van der Waals surface area contributed by atoms with Crippen molar-refractivity contribution in [2.75, 3.05) is 13.2 Å². The highest BCUT2D eigenvalue weighted by Gasteiger charge is 2.34. The van der Waals surface area contributed by atoms with Gasteiger partial charge in [-0.15, -0.1) is 6.58 Å². The number of benzene rings is 1. The van der Waals surface area contributed by atoms with Gasteiger partial charge in [0.25, 0.3) is 5.91 Å². The van der Waals surface area contributed by atoms with Crippen LogP contribution in [0.1, 0.15) is 65.5 Å². The standard InChI is InChI=1S/C30H43FN4O6/c1-8-11-19(5)27(36)33-26(18(3)4)28(37)32-20(6)29(38)35-15-10-12-25(34-35)30(39)41-21(7)23-17-22(40-16-9-2)13-14-24(23)31/h8-9,13-14,17-21,25-26,34H,1-2,10-12,15-16H2,3-7H3,(H,32,37)(H,33,36)/t19-,20+,21-,25?,26+/m1/s1. The topological polar surface area (TPSA) is 126 Å². The first-order valence-electron chi connectivity index (χ1n) is 13.9. The van der Waals surface area contributed by atoms with E-state index in [1.54, 1.807) is 39.8 Å². The van der Waals surface area contributed by atoms with Crippen LogP contribution in [-0.4, -0.2) is 60.0 Å². The number of nitrogens with one attached hydrogen (secondary N) is 3. The molecule has 10 nitrogen and oxygen atoms in total. The maximum atomic E-state index is 14.4. The molecular formula is C30H43FN4O6. The van der Waals surface area contributed by atoms with Crippen LogP contribution in [0.15, 0.2) is 43.5 Å². The third-order valence-electron chi connectivity index (χ3n) is 6.75. The van der Waals surface area contributed by atoms with Crippen LogP contribution in [-0.2, 0) is 23.9 Å². The molecule has 0 aromatic heterocycles. The number of hydrogen-bond donors (Lipinski definition) is 3. The van der Waals surface area contributed by atoms with Gasteiger partial charge in [0.1, 0.15) is 42.4 Å². The predicted molar refractivity (Wildman–Crippen MR) is 153 cm³/mol. The average molecular weight is 575 g/mol. The minimum Gasteiger partial charge on any atom is -0.490 e. The van der Waals surface area contributed by atoms with Gasteiger partial charge in [0.15, 0.2) is 0 Å². The van der Waals surface area contributed by atoms with Gasteiger partial charge in [0.05, 0.1) is 0 Å². The molecule has 1 aromatic carbocycles. The molecule has 5 atom stereocenters. The number of amides is 3. The van der Waals surface area contributed by atoms with Gasteiger partial charge >= 0.3 is 5.97 Å². The molecule has 3 amide bonds. The van der Waals surface area contributed by atoms with E-state index < -0.39 is 47.8 Å². The summed E-state index contributed by atoms with van der Waals surface area (Å²) in [6.07, 6.45) is 3.69. The molecule has 0 radical (unpaired) electrons. The molecule has 0 saturated carbocycles. The van der Waals surface area contributed by atoms with E-state index in [2.05, 4.69) is 29.2 Å². The van der Waals surface area contributed by atoms with Crippen LogP contribution in [0.25, 0.3) is 0 Å². The normalized spacial score (nSPS) is 17.9. The SMILES string of the molecule is C=CCOc1ccc(F)c([C@@H](C)OC(=O)C2CCCN(C(=O)[C@H](C)NC(=O)[C@@H](NC(=O)[C@H](C)CC=C)C(C)C)N2)c1. The van der Waals surface area contributed by atoms with Gasteiger partial charge in [-0.05, 0) is 57.2 Å². The van der Waals surface area contributed by atoms with Crippen LogP contribution in [0.4, 0.5) is 4.39 Å². The highest BCUT2D eigenvalue weighted by molar-refractivity contribution is 5.92. The molecular weight excluding hydrogens is 531 g/mol. The van der Waals surface area contributed by atoms with Crippen molar-refractivity contribution in [2.24, 2.45) is 11.8 Å². The summed E-state index contributed by atoms with van der Waals surface area (Å²) in [6, 6.07) is 1.59. The van der Waals surface area contributed by atoms with Crippen LogP contribution in [0.3, 0.4) is 0 Å². The zero-order valence-corrected chi connectivity index (χ0v) is 24.6. The predicted octanol–water partition coefficient (Wildman–Crippen LogP) is 3.35. The summed E-state index contributed by atoms with van der Waals surface area (Å²) in [5, 5.41) is 6.72. The monoisotopic (exact) mass is 574 g/mol. The first-order valence-corrected chi connectivity index (χ1v) is 13.9. The Hall–Kier alpha value is -3.73. The molecule has 41 heavy (non-hydrogen) atoms. The van der Waals surface area contributed by atoms with Crippen molar-refractivity contribution in [3.05, 3.63) is 54.9 Å². The molecule has 1 aromatic rings. The second-order valence-electron chi connectivity index (χ2n) is 10.6. The molecule has 0 spiro atoms. The lowest BCUT2D eigenvalue weighted by atomic mass is 10.0. The molecule has 11 heteroatoms. The van der Waals surface area contributed by atoms with E-state index in [1.807, 2.05) is 0 Å². The second-order valence-corrected chi connectivity index (χ2v) is 10.6. The Morgan fingerprint density at radius 3 is 2.44 bits per heavy atom. The van der Waals surface area contributed by atoms with Gasteiger partial charge in [-0.2, -0.15) is 0 Å². The quantitative estimate of drug-likeness (QED) is 0.230. The number of halogens is 1. The Balaban J connectivity index is 1.99. The number of carbonyl (C=O) groups is 4. The number of hydrogen-bond acceptors (Lipinski definition) is 7. The molecule has 1 unspecified atom stereocenters. The van der Waals surface area contributed by atoms with Crippen LogP contribution in [0.2, 0.25) is 0 Å². The zero-order valence-electron chi connectivity index (χ0n) is 24.6. The Kier molecular flexibility index (Phi) is 13.0. The third-order valence-corrected chi connectivity index (χ3v) is 6.75. The van der Waals surface area contributed by atoms with E-state index in [0.29, 0.717) is 31.6 Å². The lowest BCUT2D eigenvalue weighted by molar-refractivity contribution is -0.157. The average Bonchev–Trinajstić information content (AvgIpc) is 2.94. The number of carbonyl (C=O) groups excluding carboxylic acids is 4. The fourth-order valence-electron chi connectivity index (χ4n) is 4.30. The molecule has 2 rings (SSSR count). The van der Waals surface area contributed by atoms with E-state index in [9.17, 15) is 23.6 Å². The number of rotatable bonds is 14. The molecule has 226 valence electrons. The van der Waals surface area contributed by atoms with Crippen molar-refractivity contribution in [1.29, 1.82) is 0 Å². The van der Waals surface area contributed by atoms with E-state index in [4.69, 9.17) is 9.47 Å². The molecule has 0 bridgehead atoms. The molecule has 0 aliphatic carbocycles. The third kappa shape index (κ3) is 9.70. The van der Waals surface area contributed by atoms with E-state index in [1.165, 1.54) is 30.1 Å². The van der Waals surface area contributed by atoms with Gasteiger partial charge in [0.2, 0.25) is 11.8 Å². The Bertz CT molecular complexity index is 1110. The number of ether oxygens (including phenoxy) is 2. The molecule has 1 fully saturated rings. The zero-order chi connectivity index (χ0) is 30.7. The summed E-state index contributed by atoms with van der Waals surface area (Å²) in [5.74, 6) is -2.53. The molecule has 1 heterocycles. The number of nitrogens with zero attached hydrogens (tertiary/aromatic N) is 1. The summed E-state index contributed by atoms with van der Waals surface area (Å²) in [6.45, 7) is 16.2. The van der Waals surface area contributed by atoms with Crippen LogP contribution in [0, 0.1) is 17.7 Å². The maximum absolute atomic E-state index is 14.4. The first kappa shape index (κ1) is 33.5. The van der Waals surface area contributed by atoms with E-state index in [-0.39, 0.29) is 29.9 Å². The number of hydrazine groups is 1. The summed E-state index contributed by atoms with van der Waals surface area (Å²) in [4.78, 5) is 51.5. The van der Waals surface area contributed by atoms with Gasteiger partial charge in [-0.25, -0.2) is 9.82 Å². The molecule has 3 N–H and O–H groups in total. The fourth-order valence-corrected chi connectivity index (χ4v) is 4.30. The van der Waals surface area contributed by atoms with Gasteiger partial charge in [-0.1, -0.05) is 39.5 Å². The minimum absolute atomic E-state index is 0.158. The van der Waals surface area contributed by atoms with Crippen LogP contribution >= 0.6 is 0 Å². The van der Waals surface area contributed by atoms with Gasteiger partial charge in [-0.3, -0.25) is 24.2 Å². The summed E-state index contributed by atoms with van der Waals surface area (Å²) in [7, 11) is 0. The van der Waals surface area contributed by atoms with Crippen molar-refractivity contribution >= 4 is 23.7 Å². The highest BCUT2D eigenvalue weighted by atomic mass is 19.1. The second kappa shape index (κ2) is 15.9. The Labute approximate surface area is 241 Å². The smallest absolute Gasteiger partial charge is 0.325 e. The van der Waals surface area contributed by atoms with Crippen LogP contribution in [0.5, 0.6) is 5.75 Å². The summed E-state index contributed by atoms with van der Waals surface area (Å²) in [5.41, 5.74) is 3.04. The Morgan fingerprint density at radius 2 is 1.80 bits per heavy atom. The fraction of sp³-hybridized carbons (Fsp3) is 0.533. The minimum atomic E-state index is -0.931. The lowest BCUT2D eigenvalue weighted by Gasteiger charge is -2.35.